The molecule has 1 aliphatic rings. The van der Waals surface area contributed by atoms with Gasteiger partial charge >= 0.3 is 6.18 Å². The first-order valence-corrected chi connectivity index (χ1v) is 6.53. The molecule has 0 saturated heterocycles. The Morgan fingerprint density at radius 1 is 1.26 bits per heavy atom. The van der Waals surface area contributed by atoms with Gasteiger partial charge in [-0.2, -0.15) is 13.2 Å². The van der Waals surface area contributed by atoms with Gasteiger partial charge in [0.05, 0.1) is 5.56 Å². The average Bonchev–Trinajstić information content (AvgIpc) is 2.37. The Hall–Kier alpha value is -1.45. The van der Waals surface area contributed by atoms with Gasteiger partial charge in [-0.05, 0) is 49.8 Å². The molecule has 1 aromatic rings. The van der Waals surface area contributed by atoms with Crippen molar-refractivity contribution in [2.24, 2.45) is 5.92 Å². The zero-order chi connectivity index (χ0) is 13.9. The van der Waals surface area contributed by atoms with Crippen molar-refractivity contribution in [3.8, 4) is 0 Å². The quantitative estimate of drug-likeness (QED) is 0.778. The summed E-state index contributed by atoms with van der Waals surface area (Å²) in [5.41, 5.74) is 0.257. The van der Waals surface area contributed by atoms with Crippen LogP contribution in [-0.4, -0.2) is 6.54 Å². The Morgan fingerprint density at radius 3 is 2.68 bits per heavy atom. The molecule has 1 nitrogen and oxygen atoms in total. The Bertz CT molecular complexity index is 463. The van der Waals surface area contributed by atoms with E-state index in [1.54, 1.807) is 6.07 Å². The van der Waals surface area contributed by atoms with Crippen molar-refractivity contribution in [3.63, 3.8) is 0 Å². The minimum absolute atomic E-state index is 0.263. The Balaban J connectivity index is 2.03. The molecule has 4 heteroatoms. The number of aryl methyl sites for hydroxylation is 1. The molecule has 0 aliphatic heterocycles. The van der Waals surface area contributed by atoms with Crippen molar-refractivity contribution in [2.75, 3.05) is 11.9 Å². The predicted molar refractivity (Wildman–Crippen MR) is 71.2 cm³/mol. The summed E-state index contributed by atoms with van der Waals surface area (Å²) < 4.78 is 38.4. The summed E-state index contributed by atoms with van der Waals surface area (Å²) in [6.45, 7) is 2.21. The van der Waals surface area contributed by atoms with Crippen LogP contribution in [0.15, 0.2) is 30.4 Å². The number of anilines is 1. The van der Waals surface area contributed by atoms with Crippen LogP contribution in [0.1, 0.15) is 30.4 Å². The summed E-state index contributed by atoms with van der Waals surface area (Å²) in [5.74, 6) is 0.514. The van der Waals surface area contributed by atoms with E-state index in [9.17, 15) is 13.2 Å². The van der Waals surface area contributed by atoms with Crippen LogP contribution >= 0.6 is 0 Å². The molecule has 0 amide bonds. The van der Waals surface area contributed by atoms with Crippen LogP contribution in [0.2, 0.25) is 0 Å². The van der Waals surface area contributed by atoms with E-state index < -0.39 is 11.7 Å². The van der Waals surface area contributed by atoms with E-state index >= 15 is 0 Å². The summed E-state index contributed by atoms with van der Waals surface area (Å²) in [5, 5.41) is 3.12. The van der Waals surface area contributed by atoms with E-state index in [2.05, 4.69) is 17.5 Å². The van der Waals surface area contributed by atoms with E-state index in [-0.39, 0.29) is 5.56 Å². The third-order valence-corrected chi connectivity index (χ3v) is 3.52. The van der Waals surface area contributed by atoms with Crippen LogP contribution in [0.5, 0.6) is 0 Å². The van der Waals surface area contributed by atoms with Gasteiger partial charge in [0.1, 0.15) is 0 Å². The monoisotopic (exact) mass is 269 g/mol. The van der Waals surface area contributed by atoms with E-state index in [1.165, 1.54) is 19.1 Å². The van der Waals surface area contributed by atoms with Crippen LogP contribution in [0.4, 0.5) is 18.9 Å². The standard InChI is InChI=1S/C15H18F3N/c1-11-7-8-13(9-14(11)15(16,17)18)19-10-12-5-3-2-4-6-12/h2-3,7-9,12,19H,4-6,10H2,1H3. The van der Waals surface area contributed by atoms with Crippen LogP contribution < -0.4 is 5.32 Å². The molecule has 0 bridgehead atoms. The third kappa shape index (κ3) is 3.75. The summed E-state index contributed by atoms with van der Waals surface area (Å²) in [7, 11) is 0. The van der Waals surface area contributed by atoms with Gasteiger partial charge in [0, 0.05) is 12.2 Å². The second kappa shape index (κ2) is 5.68. The van der Waals surface area contributed by atoms with Gasteiger partial charge in [0.2, 0.25) is 0 Å². The predicted octanol–water partition coefficient (Wildman–Crippen LogP) is 4.78. The Kier molecular flexibility index (Phi) is 4.17. The molecule has 1 aromatic carbocycles. The summed E-state index contributed by atoms with van der Waals surface area (Å²) in [6, 6.07) is 4.43. The van der Waals surface area contributed by atoms with Gasteiger partial charge in [0.15, 0.2) is 0 Å². The normalized spacial score (nSPS) is 19.5. The average molecular weight is 269 g/mol. The highest BCUT2D eigenvalue weighted by Crippen LogP contribution is 2.33. The van der Waals surface area contributed by atoms with Crippen molar-refractivity contribution >= 4 is 5.69 Å². The topological polar surface area (TPSA) is 12.0 Å². The maximum atomic E-state index is 12.8. The van der Waals surface area contributed by atoms with Gasteiger partial charge in [-0.25, -0.2) is 0 Å². The van der Waals surface area contributed by atoms with Gasteiger partial charge in [-0.15, -0.1) is 0 Å². The first-order valence-electron chi connectivity index (χ1n) is 6.53. The van der Waals surface area contributed by atoms with E-state index in [0.717, 1.165) is 25.8 Å². The zero-order valence-corrected chi connectivity index (χ0v) is 10.9. The second-order valence-corrected chi connectivity index (χ2v) is 5.06. The second-order valence-electron chi connectivity index (χ2n) is 5.06. The lowest BCUT2D eigenvalue weighted by molar-refractivity contribution is -0.138. The third-order valence-electron chi connectivity index (χ3n) is 3.52. The number of halogens is 3. The fraction of sp³-hybridized carbons (Fsp3) is 0.467. The molecule has 19 heavy (non-hydrogen) atoms. The smallest absolute Gasteiger partial charge is 0.385 e. The molecule has 1 N–H and O–H groups in total. The summed E-state index contributed by atoms with van der Waals surface area (Å²) >= 11 is 0. The molecule has 0 aromatic heterocycles. The molecule has 1 aliphatic carbocycles. The number of rotatable bonds is 3. The minimum atomic E-state index is -4.28. The van der Waals surface area contributed by atoms with Crippen molar-refractivity contribution in [3.05, 3.63) is 41.5 Å². The zero-order valence-electron chi connectivity index (χ0n) is 10.9. The molecular weight excluding hydrogens is 251 g/mol. The number of benzene rings is 1. The molecule has 0 fully saturated rings. The van der Waals surface area contributed by atoms with Gasteiger partial charge < -0.3 is 5.32 Å². The summed E-state index contributed by atoms with van der Waals surface area (Å²) in [6.07, 6.45) is 3.19. The first kappa shape index (κ1) is 14.0. The minimum Gasteiger partial charge on any atom is -0.385 e. The van der Waals surface area contributed by atoms with Gasteiger partial charge in [0.25, 0.3) is 0 Å². The number of allylic oxidation sites excluding steroid dienone is 2. The lowest BCUT2D eigenvalue weighted by Gasteiger charge is -2.19. The van der Waals surface area contributed by atoms with Crippen molar-refractivity contribution < 1.29 is 13.2 Å². The highest BCUT2D eigenvalue weighted by Gasteiger charge is 2.32. The fourth-order valence-electron chi connectivity index (χ4n) is 2.34. The van der Waals surface area contributed by atoms with E-state index in [1.807, 2.05) is 0 Å². The van der Waals surface area contributed by atoms with Crippen molar-refractivity contribution in [1.82, 2.24) is 0 Å². The molecule has 1 unspecified atom stereocenters. The fourth-order valence-corrected chi connectivity index (χ4v) is 2.34. The highest BCUT2D eigenvalue weighted by atomic mass is 19.4. The Morgan fingerprint density at radius 2 is 2.05 bits per heavy atom. The molecule has 0 heterocycles. The highest BCUT2D eigenvalue weighted by molar-refractivity contribution is 5.49. The number of hydrogen-bond donors (Lipinski definition) is 1. The molecular formula is C15H18F3N. The number of nitrogens with one attached hydrogen (secondary N) is 1. The number of alkyl halides is 3. The molecule has 1 atom stereocenters. The molecule has 0 spiro atoms. The molecule has 0 radical (unpaired) electrons. The maximum Gasteiger partial charge on any atom is 0.416 e. The van der Waals surface area contributed by atoms with Crippen LogP contribution in [0, 0.1) is 12.8 Å². The molecule has 2 rings (SSSR count). The van der Waals surface area contributed by atoms with E-state index in [4.69, 9.17) is 0 Å². The van der Waals surface area contributed by atoms with Crippen molar-refractivity contribution in [2.45, 2.75) is 32.4 Å². The number of hydrogen-bond acceptors (Lipinski definition) is 1. The van der Waals surface area contributed by atoms with Crippen molar-refractivity contribution in [1.29, 1.82) is 0 Å². The summed E-state index contributed by atoms with van der Waals surface area (Å²) in [4.78, 5) is 0. The maximum absolute atomic E-state index is 12.8. The van der Waals surface area contributed by atoms with Gasteiger partial charge in [-0.1, -0.05) is 18.2 Å². The van der Waals surface area contributed by atoms with Crippen LogP contribution in [0.3, 0.4) is 0 Å². The first-order chi connectivity index (χ1) is 8.97. The largest absolute Gasteiger partial charge is 0.416 e. The van der Waals surface area contributed by atoms with Crippen LogP contribution in [0.25, 0.3) is 0 Å². The molecule has 0 saturated carbocycles. The van der Waals surface area contributed by atoms with Crippen LogP contribution in [-0.2, 0) is 6.18 Å². The SMILES string of the molecule is Cc1ccc(NCC2CC=CCC2)cc1C(F)(F)F. The molecule has 104 valence electrons. The van der Waals surface area contributed by atoms with E-state index in [0.29, 0.717) is 11.6 Å². The lowest BCUT2D eigenvalue weighted by atomic mass is 9.94. The Labute approximate surface area is 111 Å². The lowest BCUT2D eigenvalue weighted by Crippen LogP contribution is -2.16. The van der Waals surface area contributed by atoms with Gasteiger partial charge in [-0.3, -0.25) is 0 Å².